The van der Waals surface area contributed by atoms with Gasteiger partial charge in [-0.3, -0.25) is 4.79 Å². The van der Waals surface area contributed by atoms with E-state index in [4.69, 9.17) is 0 Å². The predicted octanol–water partition coefficient (Wildman–Crippen LogP) is 4.24. The molecule has 0 bridgehead atoms. The van der Waals surface area contributed by atoms with Crippen LogP contribution in [0, 0.1) is 12.7 Å². The van der Waals surface area contributed by atoms with Gasteiger partial charge in [0, 0.05) is 37.3 Å². The Labute approximate surface area is 156 Å². The van der Waals surface area contributed by atoms with Crippen LogP contribution in [0.1, 0.15) is 37.4 Å². The van der Waals surface area contributed by atoms with Crippen molar-refractivity contribution in [1.82, 2.24) is 10.3 Å². The Balaban J connectivity index is 1.88. The largest absolute Gasteiger partial charge is 0.371 e. The summed E-state index contributed by atoms with van der Waals surface area (Å²) in [5.41, 5.74) is 1.59. The van der Waals surface area contributed by atoms with Crippen molar-refractivity contribution in [3.8, 4) is 11.3 Å². The number of amides is 1. The molecule has 2 aromatic rings. The van der Waals surface area contributed by atoms with Gasteiger partial charge < -0.3 is 10.2 Å². The van der Waals surface area contributed by atoms with E-state index in [1.54, 1.807) is 25.1 Å². The summed E-state index contributed by atoms with van der Waals surface area (Å²) in [7, 11) is 0. The van der Waals surface area contributed by atoms with E-state index in [0.717, 1.165) is 12.8 Å². The van der Waals surface area contributed by atoms with Crippen LogP contribution in [0.3, 0.4) is 0 Å². The first kappa shape index (κ1) is 19.2. The van der Waals surface area contributed by atoms with Gasteiger partial charge in [-0.15, -0.1) is 0 Å². The molecule has 1 fully saturated rings. The molecule has 27 heavy (non-hydrogen) atoms. The lowest BCUT2D eigenvalue weighted by atomic mass is 10.0. The molecule has 2 heterocycles. The highest BCUT2D eigenvalue weighted by Crippen LogP contribution is 2.30. The van der Waals surface area contributed by atoms with E-state index in [-0.39, 0.29) is 17.6 Å². The Hall–Kier alpha value is -2.57. The maximum Gasteiger partial charge on any atom is 0.280 e. The summed E-state index contributed by atoms with van der Waals surface area (Å²) < 4.78 is 40.6. The summed E-state index contributed by atoms with van der Waals surface area (Å²) >= 11 is 0. The molecule has 3 rings (SSSR count). The minimum Gasteiger partial charge on any atom is -0.371 e. The molecular weight excluding hydrogens is 355 g/mol. The molecule has 0 radical (unpaired) electrons. The second-order valence-electron chi connectivity index (χ2n) is 6.86. The summed E-state index contributed by atoms with van der Waals surface area (Å²) in [6.45, 7) is 4.41. The van der Waals surface area contributed by atoms with Crippen molar-refractivity contribution < 1.29 is 18.0 Å². The lowest BCUT2D eigenvalue weighted by molar-refractivity contribution is -0.119. The quantitative estimate of drug-likeness (QED) is 0.867. The van der Waals surface area contributed by atoms with Crippen LogP contribution in [0.25, 0.3) is 11.3 Å². The summed E-state index contributed by atoms with van der Waals surface area (Å²) in [4.78, 5) is 17.2. The summed E-state index contributed by atoms with van der Waals surface area (Å²) in [5.74, 6) is -0.463. The van der Waals surface area contributed by atoms with Crippen LogP contribution in [-0.4, -0.2) is 30.0 Å². The molecule has 1 amide bonds. The molecule has 4 nitrogen and oxygen atoms in total. The van der Waals surface area contributed by atoms with Crippen molar-refractivity contribution in [2.24, 2.45) is 0 Å². The number of hydrogen-bond acceptors (Lipinski definition) is 3. The van der Waals surface area contributed by atoms with Gasteiger partial charge in [-0.1, -0.05) is 12.1 Å². The molecule has 1 aromatic carbocycles. The van der Waals surface area contributed by atoms with Crippen molar-refractivity contribution in [1.29, 1.82) is 0 Å². The number of aromatic nitrogens is 1. The molecule has 1 N–H and O–H groups in total. The van der Waals surface area contributed by atoms with Crippen molar-refractivity contribution in [2.45, 2.75) is 39.2 Å². The van der Waals surface area contributed by atoms with Gasteiger partial charge >= 0.3 is 0 Å². The van der Waals surface area contributed by atoms with E-state index in [2.05, 4.69) is 10.3 Å². The molecule has 1 aliphatic heterocycles. The Bertz CT molecular complexity index is 833. The van der Waals surface area contributed by atoms with E-state index in [1.807, 2.05) is 4.90 Å². The lowest BCUT2D eigenvalue weighted by Gasteiger charge is -2.34. The first-order valence-electron chi connectivity index (χ1n) is 8.92. The Morgan fingerprint density at radius 3 is 2.52 bits per heavy atom. The van der Waals surface area contributed by atoms with Gasteiger partial charge in [0.15, 0.2) is 0 Å². The fourth-order valence-electron chi connectivity index (χ4n) is 3.30. The highest BCUT2D eigenvalue weighted by molar-refractivity contribution is 5.73. The van der Waals surface area contributed by atoms with Gasteiger partial charge in [0.25, 0.3) is 6.43 Å². The average molecular weight is 377 g/mol. The zero-order chi connectivity index (χ0) is 19.6. The molecule has 1 aliphatic rings. The number of carbonyl (C=O) groups excluding carboxylic acids is 1. The molecule has 0 saturated carbocycles. The van der Waals surface area contributed by atoms with Gasteiger partial charge in [-0.05, 0) is 43.5 Å². The molecular formula is C20H22F3N3O. The Morgan fingerprint density at radius 2 is 1.93 bits per heavy atom. The zero-order valence-electron chi connectivity index (χ0n) is 15.3. The third-order valence-corrected chi connectivity index (χ3v) is 4.79. The summed E-state index contributed by atoms with van der Waals surface area (Å²) in [6.07, 6.45) is -1.24. The Kier molecular flexibility index (Phi) is 5.68. The fourth-order valence-corrected chi connectivity index (χ4v) is 3.30. The highest BCUT2D eigenvalue weighted by Gasteiger charge is 2.22. The molecule has 0 unspecified atom stereocenters. The number of halogens is 3. The number of nitrogens with zero attached hydrogens (tertiary/aromatic N) is 2. The minimum atomic E-state index is -2.71. The zero-order valence-corrected chi connectivity index (χ0v) is 15.3. The summed E-state index contributed by atoms with van der Waals surface area (Å²) in [5, 5.41) is 2.89. The van der Waals surface area contributed by atoms with Crippen molar-refractivity contribution in [3.63, 3.8) is 0 Å². The third-order valence-electron chi connectivity index (χ3n) is 4.79. The Morgan fingerprint density at radius 1 is 1.22 bits per heavy atom. The second-order valence-corrected chi connectivity index (χ2v) is 6.86. The van der Waals surface area contributed by atoms with Crippen LogP contribution in [0.15, 0.2) is 30.3 Å². The average Bonchev–Trinajstić information content (AvgIpc) is 2.63. The first-order valence-corrected chi connectivity index (χ1v) is 8.92. The summed E-state index contributed by atoms with van der Waals surface area (Å²) in [6, 6.07) is 7.81. The molecule has 144 valence electrons. The number of hydrogen-bond donors (Lipinski definition) is 1. The van der Waals surface area contributed by atoms with Gasteiger partial charge in [-0.2, -0.15) is 0 Å². The SMILES string of the molecule is CC(=O)NC1CCN(c2cc(-c3ccc(C)c(F)c3)nc(C(F)F)c2)CC1. The van der Waals surface area contributed by atoms with E-state index in [1.165, 1.54) is 19.1 Å². The van der Waals surface area contributed by atoms with Crippen molar-refractivity contribution in [2.75, 3.05) is 18.0 Å². The van der Waals surface area contributed by atoms with E-state index >= 15 is 0 Å². The lowest BCUT2D eigenvalue weighted by Crippen LogP contribution is -2.44. The van der Waals surface area contributed by atoms with Crippen LogP contribution in [0.5, 0.6) is 0 Å². The van der Waals surface area contributed by atoms with E-state index in [9.17, 15) is 18.0 Å². The smallest absolute Gasteiger partial charge is 0.280 e. The van der Waals surface area contributed by atoms with E-state index < -0.39 is 12.2 Å². The van der Waals surface area contributed by atoms with Gasteiger partial charge in [0.1, 0.15) is 11.5 Å². The maximum absolute atomic E-state index is 13.9. The number of rotatable bonds is 4. The van der Waals surface area contributed by atoms with E-state index in [0.29, 0.717) is 35.6 Å². The minimum absolute atomic E-state index is 0.0685. The number of benzene rings is 1. The monoisotopic (exact) mass is 377 g/mol. The topological polar surface area (TPSA) is 45.2 Å². The van der Waals surface area contributed by atoms with Crippen LogP contribution in [-0.2, 0) is 4.79 Å². The second kappa shape index (κ2) is 7.98. The third kappa shape index (κ3) is 4.59. The highest BCUT2D eigenvalue weighted by atomic mass is 19.3. The van der Waals surface area contributed by atoms with Gasteiger partial charge in [0.2, 0.25) is 5.91 Å². The molecule has 1 saturated heterocycles. The number of alkyl halides is 2. The molecule has 0 spiro atoms. The molecule has 0 atom stereocenters. The van der Waals surface area contributed by atoms with Crippen LogP contribution in [0.4, 0.5) is 18.9 Å². The number of aryl methyl sites for hydroxylation is 1. The van der Waals surface area contributed by atoms with Crippen LogP contribution >= 0.6 is 0 Å². The molecule has 1 aromatic heterocycles. The number of carbonyl (C=O) groups is 1. The van der Waals surface area contributed by atoms with Crippen molar-refractivity contribution in [3.05, 3.63) is 47.4 Å². The molecule has 0 aliphatic carbocycles. The van der Waals surface area contributed by atoms with Gasteiger partial charge in [-0.25, -0.2) is 18.2 Å². The number of nitrogens with one attached hydrogen (secondary N) is 1. The normalized spacial score (nSPS) is 15.3. The number of anilines is 1. The predicted molar refractivity (Wildman–Crippen MR) is 98.4 cm³/mol. The standard InChI is InChI=1S/C20H22F3N3O/c1-12-3-4-14(9-17(12)21)18-10-16(11-19(25-18)20(22)23)26-7-5-15(6-8-26)24-13(2)27/h3-4,9-11,15,20H,5-8H2,1-2H3,(H,24,27). The molecule has 7 heteroatoms. The van der Waals surface area contributed by atoms with Gasteiger partial charge in [0.05, 0.1) is 5.69 Å². The first-order chi connectivity index (χ1) is 12.8. The number of pyridine rings is 1. The van der Waals surface area contributed by atoms with Crippen LogP contribution in [0.2, 0.25) is 0 Å². The van der Waals surface area contributed by atoms with Crippen molar-refractivity contribution >= 4 is 11.6 Å². The van der Waals surface area contributed by atoms with Crippen LogP contribution < -0.4 is 10.2 Å². The number of piperidine rings is 1. The maximum atomic E-state index is 13.9. The fraction of sp³-hybridized carbons (Fsp3) is 0.400.